The van der Waals surface area contributed by atoms with E-state index in [1.165, 1.54) is 12.1 Å². The molecule has 1 aromatic heterocycles. The molecular formula is C26H29F2N3O2. The Morgan fingerprint density at radius 3 is 2.85 bits per heavy atom. The number of carbonyl (C=O) groups is 1. The minimum atomic E-state index is -0.634. The van der Waals surface area contributed by atoms with Gasteiger partial charge in [0, 0.05) is 11.8 Å². The van der Waals surface area contributed by atoms with E-state index < -0.39 is 5.95 Å². The lowest BCUT2D eigenvalue weighted by Crippen LogP contribution is -2.44. The number of oxime groups is 1. The molecule has 3 aliphatic rings. The van der Waals surface area contributed by atoms with E-state index in [0.29, 0.717) is 24.7 Å². The van der Waals surface area contributed by atoms with Gasteiger partial charge in [-0.3, -0.25) is 4.79 Å². The van der Waals surface area contributed by atoms with Crippen LogP contribution in [-0.4, -0.2) is 21.8 Å². The highest BCUT2D eigenvalue weighted by atomic mass is 19.1. The van der Waals surface area contributed by atoms with Crippen LogP contribution in [0, 0.1) is 34.9 Å². The summed E-state index contributed by atoms with van der Waals surface area (Å²) in [5.74, 6) is 0.412. The second-order valence-corrected chi connectivity index (χ2v) is 10.0. The van der Waals surface area contributed by atoms with Crippen LogP contribution in [0.4, 0.5) is 14.6 Å². The maximum Gasteiger partial charge on any atom is 0.225 e. The van der Waals surface area contributed by atoms with Crippen LogP contribution < -0.4 is 5.32 Å². The zero-order valence-electron chi connectivity index (χ0n) is 18.7. The number of hydrogen-bond donors (Lipinski definition) is 2. The third kappa shape index (κ3) is 3.81. The number of hydrogen-bond acceptors (Lipinski definition) is 4. The van der Waals surface area contributed by atoms with Crippen molar-refractivity contribution in [2.24, 2.45) is 28.3 Å². The summed E-state index contributed by atoms with van der Waals surface area (Å²) in [6, 6.07) is 9.74. The first kappa shape index (κ1) is 22.0. The minimum absolute atomic E-state index is 0.109. The molecule has 0 aliphatic heterocycles. The van der Waals surface area contributed by atoms with Crippen molar-refractivity contribution in [1.29, 1.82) is 0 Å². The van der Waals surface area contributed by atoms with Crippen molar-refractivity contribution in [3.05, 3.63) is 59.3 Å². The van der Waals surface area contributed by atoms with Gasteiger partial charge in [0.15, 0.2) is 0 Å². The summed E-state index contributed by atoms with van der Waals surface area (Å²) in [6.45, 7) is 2.20. The molecule has 0 saturated heterocycles. The lowest BCUT2D eigenvalue weighted by molar-refractivity contribution is -0.116. The summed E-state index contributed by atoms with van der Waals surface area (Å²) >= 11 is 0. The fraction of sp³-hybridized carbons (Fsp3) is 0.500. The molecule has 2 saturated carbocycles. The molecule has 5 atom stereocenters. The second kappa shape index (κ2) is 8.50. The number of nitrogens with one attached hydrogen (secondary N) is 1. The van der Waals surface area contributed by atoms with Crippen LogP contribution in [0.25, 0.3) is 0 Å². The van der Waals surface area contributed by atoms with Crippen molar-refractivity contribution in [1.82, 2.24) is 4.98 Å². The number of benzene rings is 1. The molecule has 0 spiro atoms. The van der Waals surface area contributed by atoms with Gasteiger partial charge in [0.05, 0.1) is 5.71 Å². The fourth-order valence-corrected chi connectivity index (χ4v) is 7.07. The summed E-state index contributed by atoms with van der Waals surface area (Å²) < 4.78 is 27.8. The molecule has 33 heavy (non-hydrogen) atoms. The second-order valence-electron chi connectivity index (χ2n) is 10.0. The molecule has 2 fully saturated rings. The number of aromatic nitrogens is 1. The highest BCUT2D eigenvalue weighted by molar-refractivity contribution is 5.93. The van der Waals surface area contributed by atoms with Crippen LogP contribution >= 0.6 is 0 Å². The van der Waals surface area contributed by atoms with Crippen molar-refractivity contribution >= 4 is 17.4 Å². The molecule has 0 bridgehead atoms. The van der Waals surface area contributed by atoms with Gasteiger partial charge in [-0.2, -0.15) is 4.39 Å². The molecule has 1 amide bonds. The van der Waals surface area contributed by atoms with Gasteiger partial charge < -0.3 is 10.5 Å². The van der Waals surface area contributed by atoms with Gasteiger partial charge in [0.2, 0.25) is 11.9 Å². The topological polar surface area (TPSA) is 74.6 Å². The van der Waals surface area contributed by atoms with E-state index in [0.717, 1.165) is 42.5 Å². The number of rotatable bonds is 4. The van der Waals surface area contributed by atoms with Crippen LogP contribution in [0.1, 0.15) is 62.5 Å². The Morgan fingerprint density at radius 2 is 2.06 bits per heavy atom. The lowest BCUT2D eigenvalue weighted by Gasteiger charge is -2.50. The van der Waals surface area contributed by atoms with Crippen LogP contribution in [-0.2, 0) is 11.2 Å². The minimum Gasteiger partial charge on any atom is -0.411 e. The first-order valence-corrected chi connectivity index (χ1v) is 11.8. The van der Waals surface area contributed by atoms with Crippen molar-refractivity contribution in [2.45, 2.75) is 57.8 Å². The molecular weight excluding hydrogens is 424 g/mol. The predicted octanol–water partition coefficient (Wildman–Crippen LogP) is 5.69. The highest BCUT2D eigenvalue weighted by Gasteiger charge is 2.57. The van der Waals surface area contributed by atoms with E-state index in [9.17, 15) is 18.8 Å². The summed E-state index contributed by atoms with van der Waals surface area (Å²) in [5, 5.41) is 16.2. The van der Waals surface area contributed by atoms with Gasteiger partial charge >= 0.3 is 0 Å². The molecule has 5 rings (SSSR count). The summed E-state index contributed by atoms with van der Waals surface area (Å²) in [7, 11) is 0. The molecule has 7 heteroatoms. The van der Waals surface area contributed by atoms with Gasteiger partial charge in [-0.25, -0.2) is 9.37 Å². The molecule has 0 radical (unpaired) electrons. The molecule has 2 aromatic rings. The maximum atomic E-state index is 14.5. The normalized spacial score (nSPS) is 31.5. The van der Waals surface area contributed by atoms with E-state index in [1.54, 1.807) is 12.1 Å². The first-order valence-electron chi connectivity index (χ1n) is 11.8. The molecule has 5 nitrogen and oxygen atoms in total. The Balaban J connectivity index is 1.36. The molecule has 1 heterocycles. The lowest BCUT2D eigenvalue weighted by atomic mass is 9.54. The van der Waals surface area contributed by atoms with Crippen molar-refractivity contribution in [3.8, 4) is 0 Å². The first-order chi connectivity index (χ1) is 15.9. The van der Waals surface area contributed by atoms with E-state index >= 15 is 0 Å². The average molecular weight is 454 g/mol. The Kier molecular flexibility index (Phi) is 5.67. The molecule has 4 unspecified atom stereocenters. The predicted molar refractivity (Wildman–Crippen MR) is 121 cm³/mol. The SMILES string of the molecule is C[C@]12CCC3c4cccc(F)c4CCC3C1C(CCC(=O)Nc1cccc(F)n1)C/C2=N\O. The zero-order chi connectivity index (χ0) is 23.2. The monoisotopic (exact) mass is 453 g/mol. The molecule has 2 N–H and O–H groups in total. The molecule has 174 valence electrons. The van der Waals surface area contributed by atoms with Crippen LogP contribution in [0.3, 0.4) is 0 Å². The number of anilines is 1. The smallest absolute Gasteiger partial charge is 0.225 e. The number of fused-ring (bicyclic) bond motifs is 5. The molecule has 1 aromatic carbocycles. The van der Waals surface area contributed by atoms with Gasteiger partial charge in [-0.1, -0.05) is 30.3 Å². The van der Waals surface area contributed by atoms with Crippen molar-refractivity contribution in [3.63, 3.8) is 0 Å². The number of carbonyl (C=O) groups excluding carboxylic acids is 1. The van der Waals surface area contributed by atoms with E-state index in [1.807, 2.05) is 6.07 Å². The van der Waals surface area contributed by atoms with Crippen LogP contribution in [0.5, 0.6) is 0 Å². The maximum absolute atomic E-state index is 14.5. The van der Waals surface area contributed by atoms with Crippen molar-refractivity contribution < 1.29 is 18.8 Å². The molecule has 3 aliphatic carbocycles. The van der Waals surface area contributed by atoms with Gasteiger partial charge in [0.25, 0.3) is 0 Å². The quantitative estimate of drug-likeness (QED) is 0.355. The third-order valence-electron chi connectivity index (χ3n) is 8.44. The Bertz CT molecular complexity index is 1100. The Labute approximate surface area is 192 Å². The number of halogens is 2. The Hall–Kier alpha value is -2.83. The largest absolute Gasteiger partial charge is 0.411 e. The summed E-state index contributed by atoms with van der Waals surface area (Å²) in [5.41, 5.74) is 2.62. The van der Waals surface area contributed by atoms with Crippen LogP contribution in [0.15, 0.2) is 41.6 Å². The van der Waals surface area contributed by atoms with E-state index in [4.69, 9.17) is 0 Å². The standard InChI is InChI=1S/C26H29F2N3O2/c1-26-13-12-17-16-4-2-5-20(27)18(16)9-10-19(17)25(26)15(14-21(26)31-33)8-11-24(32)30-23-7-3-6-22(28)29-23/h2-7,15,17,19,25,33H,8-14H2,1H3,(H,29,30,32)/b31-21+/t15?,17?,19?,25?,26-/m1/s1. The number of nitrogens with zero attached hydrogens (tertiary/aromatic N) is 2. The Morgan fingerprint density at radius 1 is 1.24 bits per heavy atom. The van der Waals surface area contributed by atoms with Gasteiger partial charge in [0.1, 0.15) is 11.6 Å². The fourth-order valence-electron chi connectivity index (χ4n) is 7.07. The highest BCUT2D eigenvalue weighted by Crippen LogP contribution is 2.62. The van der Waals surface area contributed by atoms with Gasteiger partial charge in [-0.15, -0.1) is 0 Å². The number of pyridine rings is 1. The van der Waals surface area contributed by atoms with Gasteiger partial charge in [-0.05, 0) is 91.5 Å². The average Bonchev–Trinajstić information content (AvgIpc) is 3.09. The summed E-state index contributed by atoms with van der Waals surface area (Å²) in [4.78, 5) is 16.3. The number of amides is 1. The van der Waals surface area contributed by atoms with Crippen LogP contribution in [0.2, 0.25) is 0 Å². The van der Waals surface area contributed by atoms with E-state index in [2.05, 4.69) is 28.4 Å². The van der Waals surface area contributed by atoms with E-state index in [-0.39, 0.29) is 41.2 Å². The zero-order valence-corrected chi connectivity index (χ0v) is 18.7. The summed E-state index contributed by atoms with van der Waals surface area (Å²) in [6.07, 6.45) is 5.09. The van der Waals surface area contributed by atoms with Crippen molar-refractivity contribution in [2.75, 3.05) is 5.32 Å². The third-order valence-corrected chi connectivity index (χ3v) is 8.44.